The van der Waals surface area contributed by atoms with Crippen molar-refractivity contribution in [3.63, 3.8) is 0 Å². The van der Waals surface area contributed by atoms with Gasteiger partial charge in [0.2, 0.25) is 5.91 Å². The van der Waals surface area contributed by atoms with Gasteiger partial charge in [0.25, 0.3) is 0 Å². The van der Waals surface area contributed by atoms with Crippen LogP contribution in [0.2, 0.25) is 0 Å². The van der Waals surface area contributed by atoms with E-state index in [2.05, 4.69) is 10.5 Å². The molecule has 0 saturated carbocycles. The number of aromatic carboxylic acids is 1. The van der Waals surface area contributed by atoms with Crippen LogP contribution in [0, 0.1) is 0 Å². The van der Waals surface area contributed by atoms with Gasteiger partial charge in [-0.25, -0.2) is 5.43 Å². The third kappa shape index (κ3) is 4.11. The molecular formula is C16H15N2O5S-. The van der Waals surface area contributed by atoms with E-state index in [4.69, 9.17) is 9.47 Å². The minimum atomic E-state index is -1.43. The van der Waals surface area contributed by atoms with E-state index in [1.54, 1.807) is 6.07 Å². The van der Waals surface area contributed by atoms with Gasteiger partial charge in [-0.3, -0.25) is 4.79 Å². The maximum atomic E-state index is 11.8. The van der Waals surface area contributed by atoms with Gasteiger partial charge in [0.15, 0.2) is 11.5 Å². The number of hydrazone groups is 1. The summed E-state index contributed by atoms with van der Waals surface area (Å²) in [5, 5.41) is 17.0. The topological polar surface area (TPSA) is 100 Å². The lowest BCUT2D eigenvalue weighted by Crippen LogP contribution is -2.25. The summed E-state index contributed by atoms with van der Waals surface area (Å²) in [5.74, 6) is -1.44. The second-order valence-electron chi connectivity index (χ2n) is 4.60. The number of carbonyl (C=O) groups is 2. The number of hydrogen-bond acceptors (Lipinski definition) is 7. The third-order valence-electron chi connectivity index (χ3n) is 3.09. The Balaban J connectivity index is 2.16. The number of benzene rings is 1. The van der Waals surface area contributed by atoms with Gasteiger partial charge in [-0.2, -0.15) is 5.10 Å². The molecule has 2 aromatic rings. The van der Waals surface area contributed by atoms with Gasteiger partial charge in [-0.1, -0.05) is 6.07 Å². The van der Waals surface area contributed by atoms with Crippen molar-refractivity contribution in [1.82, 2.24) is 5.43 Å². The maximum absolute atomic E-state index is 11.8. The fourth-order valence-corrected chi connectivity index (χ4v) is 2.75. The molecule has 0 atom stereocenters. The molecule has 0 aliphatic heterocycles. The van der Waals surface area contributed by atoms with Crippen molar-refractivity contribution in [2.24, 2.45) is 5.10 Å². The zero-order chi connectivity index (χ0) is 17.5. The maximum Gasteiger partial charge on any atom is 0.245 e. The Labute approximate surface area is 142 Å². The Morgan fingerprint density at radius 2 is 2.08 bits per heavy atom. The Bertz CT molecular complexity index is 756. The van der Waals surface area contributed by atoms with E-state index in [-0.39, 0.29) is 35.0 Å². The number of methoxy groups -OCH3 is 2. The molecule has 1 heterocycles. The first-order chi connectivity index (χ1) is 11.6. The summed E-state index contributed by atoms with van der Waals surface area (Å²) < 4.78 is 10.1. The van der Waals surface area contributed by atoms with E-state index >= 15 is 0 Å². The molecule has 1 N–H and O–H groups in total. The molecule has 1 aromatic carbocycles. The molecule has 0 fully saturated rings. The molecule has 1 aromatic heterocycles. The minimum Gasteiger partial charge on any atom is -0.545 e. The van der Waals surface area contributed by atoms with Crippen LogP contribution in [0.25, 0.3) is 0 Å². The lowest BCUT2D eigenvalue weighted by Gasteiger charge is -2.15. The minimum absolute atomic E-state index is 0.0337. The van der Waals surface area contributed by atoms with Crippen molar-refractivity contribution in [2.45, 2.75) is 6.42 Å². The number of rotatable bonds is 7. The second kappa shape index (κ2) is 8.11. The van der Waals surface area contributed by atoms with Crippen LogP contribution in [0.1, 0.15) is 20.8 Å². The van der Waals surface area contributed by atoms with Gasteiger partial charge in [-0.05, 0) is 23.6 Å². The normalized spacial score (nSPS) is 10.6. The zero-order valence-electron chi connectivity index (χ0n) is 13.1. The fourth-order valence-electron chi connectivity index (χ4n) is 2.05. The van der Waals surface area contributed by atoms with E-state index in [0.717, 1.165) is 4.88 Å². The highest BCUT2D eigenvalue weighted by Gasteiger charge is 2.15. The van der Waals surface area contributed by atoms with E-state index in [1.807, 2.05) is 17.5 Å². The molecule has 0 aliphatic rings. The van der Waals surface area contributed by atoms with Gasteiger partial charge in [0, 0.05) is 10.4 Å². The van der Waals surface area contributed by atoms with Crippen LogP contribution in [0.15, 0.2) is 34.7 Å². The van der Waals surface area contributed by atoms with Crippen molar-refractivity contribution in [2.75, 3.05) is 14.2 Å². The van der Waals surface area contributed by atoms with E-state index in [9.17, 15) is 14.7 Å². The van der Waals surface area contributed by atoms with Crippen LogP contribution in [-0.4, -0.2) is 32.3 Å². The Morgan fingerprint density at radius 3 is 2.67 bits per heavy atom. The second-order valence-corrected chi connectivity index (χ2v) is 5.63. The lowest BCUT2D eigenvalue weighted by molar-refractivity contribution is -0.255. The monoisotopic (exact) mass is 347 g/mol. The highest BCUT2D eigenvalue weighted by atomic mass is 32.1. The first-order valence-corrected chi connectivity index (χ1v) is 7.75. The highest BCUT2D eigenvalue weighted by molar-refractivity contribution is 7.10. The largest absolute Gasteiger partial charge is 0.545 e. The average molecular weight is 347 g/mol. The molecule has 24 heavy (non-hydrogen) atoms. The van der Waals surface area contributed by atoms with Crippen LogP contribution in [0.3, 0.4) is 0 Å². The molecule has 0 saturated heterocycles. The van der Waals surface area contributed by atoms with Crippen LogP contribution >= 0.6 is 11.3 Å². The van der Waals surface area contributed by atoms with E-state index in [0.29, 0.717) is 0 Å². The van der Waals surface area contributed by atoms with Gasteiger partial charge < -0.3 is 19.4 Å². The van der Waals surface area contributed by atoms with Crippen LogP contribution in [0.4, 0.5) is 0 Å². The van der Waals surface area contributed by atoms with Crippen molar-refractivity contribution in [3.05, 3.63) is 45.6 Å². The molecule has 0 spiro atoms. The summed E-state index contributed by atoms with van der Waals surface area (Å²) in [7, 11) is 2.73. The molecule has 0 unspecified atom stereocenters. The number of carbonyl (C=O) groups excluding carboxylic acids is 2. The zero-order valence-corrected chi connectivity index (χ0v) is 13.9. The average Bonchev–Trinajstić information content (AvgIpc) is 3.06. The predicted molar refractivity (Wildman–Crippen MR) is 87.6 cm³/mol. The predicted octanol–water partition coefficient (Wildman–Crippen LogP) is 0.822. The number of hydrogen-bond donors (Lipinski definition) is 1. The summed E-state index contributed by atoms with van der Waals surface area (Å²) in [6.07, 6.45) is 1.42. The molecule has 7 nitrogen and oxygen atoms in total. The third-order valence-corrected chi connectivity index (χ3v) is 3.97. The molecule has 2 rings (SSSR count). The van der Waals surface area contributed by atoms with E-state index < -0.39 is 5.97 Å². The van der Waals surface area contributed by atoms with Gasteiger partial charge in [0.1, 0.15) is 0 Å². The first kappa shape index (κ1) is 17.5. The molecule has 126 valence electrons. The molecule has 0 aliphatic carbocycles. The molecular weight excluding hydrogens is 332 g/mol. The van der Waals surface area contributed by atoms with Gasteiger partial charge in [0.05, 0.1) is 38.4 Å². The quantitative estimate of drug-likeness (QED) is 0.590. The van der Waals surface area contributed by atoms with E-state index in [1.165, 1.54) is 37.8 Å². The smallest absolute Gasteiger partial charge is 0.245 e. The summed E-state index contributed by atoms with van der Waals surface area (Å²) >= 11 is 1.47. The molecule has 1 amide bonds. The van der Waals surface area contributed by atoms with Crippen LogP contribution in [-0.2, 0) is 11.2 Å². The van der Waals surface area contributed by atoms with Crippen LogP contribution < -0.4 is 20.0 Å². The molecule has 0 radical (unpaired) electrons. The van der Waals surface area contributed by atoms with Crippen molar-refractivity contribution >= 4 is 29.4 Å². The summed E-state index contributed by atoms with van der Waals surface area (Å²) in [4.78, 5) is 24.0. The molecule has 0 bridgehead atoms. The Morgan fingerprint density at radius 1 is 1.29 bits per heavy atom. The number of nitrogens with zero attached hydrogens (tertiary/aromatic N) is 1. The fraction of sp³-hybridized carbons (Fsp3) is 0.188. The number of amides is 1. The summed E-state index contributed by atoms with van der Waals surface area (Å²) in [5.41, 5.74) is 2.38. The van der Waals surface area contributed by atoms with Crippen molar-refractivity contribution in [1.29, 1.82) is 0 Å². The van der Waals surface area contributed by atoms with Gasteiger partial charge >= 0.3 is 0 Å². The summed E-state index contributed by atoms with van der Waals surface area (Å²) in [6, 6.07) is 6.73. The number of carboxylic acids is 1. The first-order valence-electron chi connectivity index (χ1n) is 6.87. The Kier molecular flexibility index (Phi) is 5.91. The number of nitrogens with one attached hydrogen (secondary N) is 1. The van der Waals surface area contributed by atoms with Crippen molar-refractivity contribution < 1.29 is 24.2 Å². The molecule has 8 heteroatoms. The van der Waals surface area contributed by atoms with Crippen molar-refractivity contribution in [3.8, 4) is 11.5 Å². The lowest BCUT2D eigenvalue weighted by atomic mass is 10.1. The highest BCUT2D eigenvalue weighted by Crippen LogP contribution is 2.32. The number of ether oxygens (including phenoxy) is 2. The Hall–Kier alpha value is -2.87. The van der Waals surface area contributed by atoms with Gasteiger partial charge in [-0.15, -0.1) is 11.3 Å². The summed E-state index contributed by atoms with van der Waals surface area (Å²) in [6.45, 7) is 0. The SMILES string of the molecule is COc1ccc(/C=N\NC(=O)Cc2cccs2)c(C(=O)[O-])c1OC. The number of thiophene rings is 1. The standard InChI is InChI=1S/C16H16N2O5S/c1-22-12-6-5-10(14(16(20)21)15(12)23-2)9-17-18-13(19)8-11-4-3-7-24-11/h3-7,9H,8H2,1-2H3,(H,18,19)(H,20,21)/p-1/b17-9-. The van der Waals surface area contributed by atoms with Crippen LogP contribution in [0.5, 0.6) is 11.5 Å². The number of carboxylic acid groups (broad SMARTS) is 1.